The summed E-state index contributed by atoms with van der Waals surface area (Å²) in [5.41, 5.74) is 0. The van der Waals surface area contributed by atoms with Crippen LogP contribution in [0.2, 0.25) is 0 Å². The first-order chi connectivity index (χ1) is 12.5. The van der Waals surface area contributed by atoms with Crippen LogP contribution >= 0.6 is 7.80 Å². The largest absolute Gasteiger partial charge is 0.396 e. The summed E-state index contributed by atoms with van der Waals surface area (Å²) in [6.07, 6.45) is 13.9. The molecular formula is C22H47O3P. The third-order valence-electron chi connectivity index (χ3n) is 6.18. The predicted octanol–water partition coefficient (Wildman–Crippen LogP) is 6.55. The fraction of sp³-hybridized carbons (Fsp3) is 1.00. The van der Waals surface area contributed by atoms with Gasteiger partial charge in [-0.2, -0.15) is 0 Å². The summed E-state index contributed by atoms with van der Waals surface area (Å²) in [6.45, 7) is 9.01. The second-order valence-electron chi connectivity index (χ2n) is 8.25. The molecule has 3 nitrogen and oxygen atoms in total. The molecule has 26 heavy (non-hydrogen) atoms. The summed E-state index contributed by atoms with van der Waals surface area (Å²) in [7, 11) is -1.97. The Bertz CT molecular complexity index is 309. The van der Waals surface area contributed by atoms with Gasteiger partial charge in [0.2, 0.25) is 0 Å². The molecular weight excluding hydrogens is 343 g/mol. The van der Waals surface area contributed by atoms with E-state index in [1.165, 1.54) is 0 Å². The van der Waals surface area contributed by atoms with E-state index in [1.807, 2.05) is 0 Å². The molecule has 0 fully saturated rings. The number of aliphatic hydroxyl groups excluding tert-OH is 2. The Morgan fingerprint density at radius 3 is 1.04 bits per heavy atom. The van der Waals surface area contributed by atoms with Crippen LogP contribution in [0, 0.1) is 0 Å². The van der Waals surface area contributed by atoms with Crippen molar-refractivity contribution in [3.05, 3.63) is 0 Å². The van der Waals surface area contributed by atoms with Crippen molar-refractivity contribution < 1.29 is 14.8 Å². The zero-order chi connectivity index (χ0) is 19.9. The van der Waals surface area contributed by atoms with Gasteiger partial charge in [0.1, 0.15) is 0 Å². The van der Waals surface area contributed by atoms with E-state index < -0.39 is 7.80 Å². The van der Waals surface area contributed by atoms with Crippen LogP contribution < -0.4 is 0 Å². The Balaban J connectivity index is 5.90. The number of rotatable bonds is 18. The highest BCUT2D eigenvalue weighted by Gasteiger charge is 2.46. The molecule has 0 saturated heterocycles. The minimum Gasteiger partial charge on any atom is -0.396 e. The molecule has 2 N–H and O–H groups in total. The lowest BCUT2D eigenvalue weighted by molar-refractivity contribution is 0.236. The number of hydrogen-bond donors (Lipinski definition) is 2. The van der Waals surface area contributed by atoms with E-state index in [9.17, 15) is 14.8 Å². The lowest BCUT2D eigenvalue weighted by Crippen LogP contribution is -2.37. The van der Waals surface area contributed by atoms with E-state index in [4.69, 9.17) is 0 Å². The molecule has 0 aromatic rings. The van der Waals surface area contributed by atoms with Gasteiger partial charge in [0.25, 0.3) is 0 Å². The summed E-state index contributed by atoms with van der Waals surface area (Å²) in [6, 6.07) is 0. The third kappa shape index (κ3) is 8.03. The standard InChI is InChI=1S/C22H47O3P/c1-5-9-13-21(17-19-23,14-10-6-2)26(25)22(18-20-24,15-11-7-3)16-12-8-4/h23-24,26H,5-20H2,1-4H3. The summed E-state index contributed by atoms with van der Waals surface area (Å²) in [4.78, 5) is 0. The maximum atomic E-state index is 14.3. The van der Waals surface area contributed by atoms with Crippen LogP contribution in [0.4, 0.5) is 0 Å². The van der Waals surface area contributed by atoms with Gasteiger partial charge in [0, 0.05) is 23.5 Å². The van der Waals surface area contributed by atoms with Gasteiger partial charge < -0.3 is 14.8 Å². The van der Waals surface area contributed by atoms with Crippen molar-refractivity contribution in [3.63, 3.8) is 0 Å². The maximum absolute atomic E-state index is 14.3. The fourth-order valence-electron chi connectivity index (χ4n) is 4.48. The number of hydrogen-bond acceptors (Lipinski definition) is 3. The molecule has 0 aromatic heterocycles. The smallest absolute Gasteiger partial charge is 0.0880 e. The van der Waals surface area contributed by atoms with Crippen LogP contribution in [0.3, 0.4) is 0 Å². The highest BCUT2D eigenvalue weighted by atomic mass is 31.1. The van der Waals surface area contributed by atoms with Gasteiger partial charge >= 0.3 is 0 Å². The Hall–Kier alpha value is 0.150. The number of aliphatic hydroxyl groups is 2. The minimum atomic E-state index is -1.97. The van der Waals surface area contributed by atoms with E-state index in [1.54, 1.807) is 0 Å². The molecule has 0 unspecified atom stereocenters. The van der Waals surface area contributed by atoms with Crippen LogP contribution in [-0.4, -0.2) is 33.7 Å². The zero-order valence-electron chi connectivity index (χ0n) is 18.1. The van der Waals surface area contributed by atoms with Crippen molar-refractivity contribution in [3.8, 4) is 0 Å². The second kappa shape index (κ2) is 15.1. The van der Waals surface area contributed by atoms with Crippen molar-refractivity contribution in [2.75, 3.05) is 13.2 Å². The van der Waals surface area contributed by atoms with E-state index in [0.717, 1.165) is 77.0 Å². The van der Waals surface area contributed by atoms with E-state index in [0.29, 0.717) is 12.8 Å². The average Bonchev–Trinajstić information content (AvgIpc) is 2.66. The molecule has 0 atom stereocenters. The Morgan fingerprint density at radius 1 is 0.577 bits per heavy atom. The van der Waals surface area contributed by atoms with Crippen molar-refractivity contribution in [1.82, 2.24) is 0 Å². The van der Waals surface area contributed by atoms with Gasteiger partial charge in [0.05, 0.1) is 7.80 Å². The average molecular weight is 391 g/mol. The lowest BCUT2D eigenvalue weighted by atomic mass is 9.90. The van der Waals surface area contributed by atoms with Crippen molar-refractivity contribution in [2.45, 2.75) is 128 Å². The zero-order valence-corrected chi connectivity index (χ0v) is 19.1. The monoisotopic (exact) mass is 390 g/mol. The van der Waals surface area contributed by atoms with Crippen LogP contribution in [0.1, 0.15) is 118 Å². The van der Waals surface area contributed by atoms with E-state index in [-0.39, 0.29) is 23.5 Å². The summed E-state index contributed by atoms with van der Waals surface area (Å²) >= 11 is 0. The van der Waals surface area contributed by atoms with Crippen molar-refractivity contribution in [2.24, 2.45) is 0 Å². The molecule has 0 spiro atoms. The highest BCUT2D eigenvalue weighted by Crippen LogP contribution is 2.61. The summed E-state index contributed by atoms with van der Waals surface area (Å²) in [5.74, 6) is 0. The first-order valence-electron chi connectivity index (χ1n) is 11.3. The maximum Gasteiger partial charge on any atom is 0.0880 e. The fourth-order valence-corrected chi connectivity index (χ4v) is 7.90. The van der Waals surface area contributed by atoms with Gasteiger partial charge in [-0.1, -0.05) is 79.1 Å². The SMILES string of the molecule is CCCCC(CCO)(CCCC)[PH](=O)C(CCO)(CCCC)CCCC. The van der Waals surface area contributed by atoms with Gasteiger partial charge in [-0.3, -0.25) is 0 Å². The third-order valence-corrected chi connectivity index (χ3v) is 9.61. The van der Waals surface area contributed by atoms with Crippen LogP contribution in [0.25, 0.3) is 0 Å². The number of unbranched alkanes of at least 4 members (excludes halogenated alkanes) is 4. The highest BCUT2D eigenvalue weighted by molar-refractivity contribution is 7.48. The van der Waals surface area contributed by atoms with Crippen molar-refractivity contribution in [1.29, 1.82) is 0 Å². The molecule has 0 aliphatic carbocycles. The molecule has 0 saturated carbocycles. The quantitative estimate of drug-likeness (QED) is 0.261. The lowest BCUT2D eigenvalue weighted by Gasteiger charge is -2.44. The normalized spacial score (nSPS) is 12.9. The molecule has 158 valence electrons. The topological polar surface area (TPSA) is 57.5 Å². The van der Waals surface area contributed by atoms with Gasteiger partial charge in [-0.05, 0) is 38.5 Å². The van der Waals surface area contributed by atoms with Gasteiger partial charge in [-0.25, -0.2) is 0 Å². The molecule has 0 heterocycles. The first-order valence-corrected chi connectivity index (χ1v) is 12.7. The Labute approximate surface area is 164 Å². The molecule has 0 rings (SSSR count). The molecule has 0 aliphatic heterocycles. The van der Waals surface area contributed by atoms with Gasteiger partial charge in [0.15, 0.2) is 0 Å². The molecule has 0 radical (unpaired) electrons. The molecule has 0 aromatic carbocycles. The van der Waals surface area contributed by atoms with Gasteiger partial charge in [-0.15, -0.1) is 0 Å². The summed E-state index contributed by atoms with van der Waals surface area (Å²) in [5, 5.41) is 19.2. The predicted molar refractivity (Wildman–Crippen MR) is 116 cm³/mol. The molecule has 0 amide bonds. The molecule has 0 aliphatic rings. The van der Waals surface area contributed by atoms with Crippen LogP contribution in [-0.2, 0) is 4.57 Å². The summed E-state index contributed by atoms with van der Waals surface area (Å²) < 4.78 is 14.3. The molecule has 0 bridgehead atoms. The van der Waals surface area contributed by atoms with Crippen LogP contribution in [0.15, 0.2) is 0 Å². The Morgan fingerprint density at radius 2 is 0.846 bits per heavy atom. The van der Waals surface area contributed by atoms with Crippen LogP contribution in [0.5, 0.6) is 0 Å². The van der Waals surface area contributed by atoms with Crippen molar-refractivity contribution >= 4 is 7.80 Å². The Kier molecular flexibility index (Phi) is 15.2. The van der Waals surface area contributed by atoms with E-state index >= 15 is 0 Å². The second-order valence-corrected chi connectivity index (χ2v) is 11.0. The minimum absolute atomic E-state index is 0.126. The first kappa shape index (κ1) is 26.1. The molecule has 4 heteroatoms. The van der Waals surface area contributed by atoms with E-state index in [2.05, 4.69) is 27.7 Å².